The van der Waals surface area contributed by atoms with Crippen LogP contribution in [0.1, 0.15) is 0 Å². The van der Waals surface area contributed by atoms with Crippen molar-refractivity contribution in [1.82, 2.24) is 4.98 Å². The average molecular weight is 221 g/mol. The number of anilines is 1. The Hall–Kier alpha value is -0.840. The molecule has 0 fully saturated rings. The first-order valence-electron chi connectivity index (χ1n) is 2.80. The second-order valence-corrected chi connectivity index (χ2v) is 2.64. The Morgan fingerprint density at radius 2 is 2.36 bits per heavy atom. The predicted octanol–water partition coefficient (Wildman–Crippen LogP) is 1.57. The molecule has 0 aliphatic heterocycles. The van der Waals surface area contributed by atoms with Gasteiger partial charge in [0.05, 0.1) is 19.0 Å². The molecule has 0 radical (unpaired) electrons. The molecule has 0 bridgehead atoms. The molecule has 3 nitrogen and oxygen atoms in total. The van der Waals surface area contributed by atoms with Crippen LogP contribution in [0.15, 0.2) is 10.7 Å². The quantitative estimate of drug-likeness (QED) is 0.782. The first kappa shape index (κ1) is 8.26. The molecule has 1 aromatic heterocycles. The summed E-state index contributed by atoms with van der Waals surface area (Å²) in [4.78, 5) is 3.63. The zero-order chi connectivity index (χ0) is 8.43. The zero-order valence-corrected chi connectivity index (χ0v) is 7.35. The van der Waals surface area contributed by atoms with Crippen LogP contribution < -0.4 is 10.5 Å². The van der Waals surface area contributed by atoms with Crippen molar-refractivity contribution in [3.8, 4) is 5.88 Å². The van der Waals surface area contributed by atoms with Crippen LogP contribution in [0.2, 0.25) is 0 Å². The van der Waals surface area contributed by atoms with Gasteiger partial charge in [-0.3, -0.25) is 0 Å². The van der Waals surface area contributed by atoms with Crippen molar-refractivity contribution in [2.75, 3.05) is 12.8 Å². The number of hydrogen-bond donors (Lipinski definition) is 1. The van der Waals surface area contributed by atoms with Crippen molar-refractivity contribution in [3.05, 3.63) is 16.5 Å². The van der Waals surface area contributed by atoms with Crippen LogP contribution in [0.4, 0.5) is 10.1 Å². The van der Waals surface area contributed by atoms with Gasteiger partial charge in [-0.2, -0.15) is 0 Å². The number of nitrogens with zero attached hydrogens (tertiary/aromatic N) is 1. The van der Waals surface area contributed by atoms with Gasteiger partial charge >= 0.3 is 0 Å². The van der Waals surface area contributed by atoms with E-state index in [0.29, 0.717) is 4.47 Å². The van der Waals surface area contributed by atoms with Crippen LogP contribution >= 0.6 is 15.9 Å². The highest BCUT2D eigenvalue weighted by molar-refractivity contribution is 9.10. The number of nitrogen functional groups attached to an aromatic ring is 1. The van der Waals surface area contributed by atoms with E-state index in [1.807, 2.05) is 0 Å². The van der Waals surface area contributed by atoms with Gasteiger partial charge < -0.3 is 10.5 Å². The van der Waals surface area contributed by atoms with Crippen molar-refractivity contribution >= 4 is 21.6 Å². The van der Waals surface area contributed by atoms with Crippen molar-refractivity contribution in [3.63, 3.8) is 0 Å². The van der Waals surface area contributed by atoms with Gasteiger partial charge in [0.2, 0.25) is 5.88 Å². The summed E-state index contributed by atoms with van der Waals surface area (Å²) in [7, 11) is 1.43. The summed E-state index contributed by atoms with van der Waals surface area (Å²) in [5.74, 6) is -0.276. The highest BCUT2D eigenvalue weighted by Crippen LogP contribution is 2.29. The molecular formula is C6H6BrFN2O. The van der Waals surface area contributed by atoms with E-state index in [4.69, 9.17) is 10.5 Å². The molecule has 0 aliphatic carbocycles. The second-order valence-electron chi connectivity index (χ2n) is 1.84. The van der Waals surface area contributed by atoms with Crippen LogP contribution in [-0.4, -0.2) is 12.1 Å². The van der Waals surface area contributed by atoms with Crippen LogP contribution in [0.5, 0.6) is 5.88 Å². The predicted molar refractivity (Wildman–Crippen MR) is 42.9 cm³/mol. The van der Waals surface area contributed by atoms with Gasteiger partial charge in [-0.1, -0.05) is 0 Å². The lowest BCUT2D eigenvalue weighted by Crippen LogP contribution is -1.97. The summed E-state index contributed by atoms with van der Waals surface area (Å²) in [6.07, 6.45) is 1.01. The number of halogens is 2. The van der Waals surface area contributed by atoms with Gasteiger partial charge in [0.1, 0.15) is 4.47 Å². The van der Waals surface area contributed by atoms with Gasteiger partial charge in [0, 0.05) is 0 Å². The molecular weight excluding hydrogens is 215 g/mol. The summed E-state index contributed by atoms with van der Waals surface area (Å²) >= 11 is 3.04. The molecule has 1 heterocycles. The molecule has 0 aliphatic rings. The SMILES string of the molecule is COc1ncc(F)c(N)c1Br. The maximum absolute atomic E-state index is 12.6. The largest absolute Gasteiger partial charge is 0.480 e. The Balaban J connectivity index is 3.25. The Morgan fingerprint density at radius 1 is 1.73 bits per heavy atom. The van der Waals surface area contributed by atoms with Crippen molar-refractivity contribution < 1.29 is 9.13 Å². The first-order valence-corrected chi connectivity index (χ1v) is 3.59. The lowest BCUT2D eigenvalue weighted by atomic mass is 10.4. The maximum Gasteiger partial charge on any atom is 0.230 e. The normalized spacial score (nSPS) is 9.73. The fourth-order valence-corrected chi connectivity index (χ4v) is 1.06. The number of pyridine rings is 1. The number of methoxy groups -OCH3 is 1. The number of nitrogens with two attached hydrogens (primary N) is 1. The van der Waals surface area contributed by atoms with E-state index >= 15 is 0 Å². The average Bonchev–Trinajstić information content (AvgIpc) is 2.01. The van der Waals surface area contributed by atoms with Gasteiger partial charge in [-0.25, -0.2) is 9.37 Å². The first-order chi connectivity index (χ1) is 5.16. The number of ether oxygens (including phenoxy) is 1. The van der Waals surface area contributed by atoms with Crippen molar-refractivity contribution in [2.45, 2.75) is 0 Å². The Bertz CT molecular complexity index is 280. The lowest BCUT2D eigenvalue weighted by Gasteiger charge is -2.03. The van der Waals surface area contributed by atoms with E-state index in [2.05, 4.69) is 20.9 Å². The summed E-state index contributed by atoms with van der Waals surface area (Å²) in [5, 5.41) is 0. The van der Waals surface area contributed by atoms with Crippen LogP contribution in [0.3, 0.4) is 0 Å². The fraction of sp³-hybridized carbons (Fsp3) is 0.167. The molecule has 11 heavy (non-hydrogen) atoms. The third-order valence-electron chi connectivity index (χ3n) is 1.17. The van der Waals surface area contributed by atoms with Crippen molar-refractivity contribution in [2.24, 2.45) is 0 Å². The molecule has 0 amide bonds. The topological polar surface area (TPSA) is 48.1 Å². The van der Waals surface area contributed by atoms with E-state index in [1.54, 1.807) is 0 Å². The molecule has 1 aromatic rings. The van der Waals surface area contributed by atoms with Gasteiger partial charge in [-0.15, -0.1) is 0 Å². The second kappa shape index (κ2) is 3.04. The third kappa shape index (κ3) is 1.42. The molecule has 5 heteroatoms. The Morgan fingerprint density at radius 3 is 2.91 bits per heavy atom. The zero-order valence-electron chi connectivity index (χ0n) is 5.77. The van der Waals surface area contributed by atoms with Crippen LogP contribution in [0.25, 0.3) is 0 Å². The number of aromatic nitrogens is 1. The fourth-order valence-electron chi connectivity index (χ4n) is 0.604. The summed E-state index contributed by atoms with van der Waals surface area (Å²) < 4.78 is 17.7. The molecule has 1 rings (SSSR count). The molecule has 0 atom stereocenters. The minimum Gasteiger partial charge on any atom is -0.480 e. The van der Waals surface area contributed by atoms with Gasteiger partial charge in [-0.05, 0) is 15.9 Å². The van der Waals surface area contributed by atoms with E-state index in [9.17, 15) is 4.39 Å². The van der Waals surface area contributed by atoms with Crippen molar-refractivity contribution in [1.29, 1.82) is 0 Å². The molecule has 0 spiro atoms. The van der Waals surface area contributed by atoms with E-state index < -0.39 is 5.82 Å². The molecule has 2 N–H and O–H groups in total. The minimum atomic E-state index is -0.558. The summed E-state index contributed by atoms with van der Waals surface area (Å²) in [5.41, 5.74) is 5.33. The van der Waals surface area contributed by atoms with Gasteiger partial charge in [0.15, 0.2) is 5.82 Å². The Labute approximate surface area is 71.5 Å². The molecule has 0 unspecified atom stereocenters. The van der Waals surface area contributed by atoms with Gasteiger partial charge in [0.25, 0.3) is 0 Å². The molecule has 60 valence electrons. The van der Waals surface area contributed by atoms with Crippen LogP contribution in [-0.2, 0) is 0 Å². The smallest absolute Gasteiger partial charge is 0.230 e. The number of hydrogen-bond acceptors (Lipinski definition) is 3. The maximum atomic E-state index is 12.6. The minimum absolute atomic E-state index is 0.0110. The molecule has 0 saturated heterocycles. The molecule has 0 saturated carbocycles. The van der Waals surface area contributed by atoms with Crippen LogP contribution in [0, 0.1) is 5.82 Å². The summed E-state index contributed by atoms with van der Waals surface area (Å²) in [6.45, 7) is 0. The lowest BCUT2D eigenvalue weighted by molar-refractivity contribution is 0.393. The van der Waals surface area contributed by atoms with E-state index in [1.165, 1.54) is 7.11 Å². The Kier molecular flexibility index (Phi) is 2.28. The highest BCUT2D eigenvalue weighted by atomic mass is 79.9. The summed E-state index contributed by atoms with van der Waals surface area (Å²) in [6, 6.07) is 0. The monoisotopic (exact) mass is 220 g/mol. The van der Waals surface area contributed by atoms with E-state index in [-0.39, 0.29) is 11.6 Å². The van der Waals surface area contributed by atoms with E-state index in [0.717, 1.165) is 6.20 Å². The molecule has 0 aromatic carbocycles. The third-order valence-corrected chi connectivity index (χ3v) is 1.94. The highest BCUT2D eigenvalue weighted by Gasteiger charge is 2.09. The standard InChI is InChI=1S/C6H6BrFN2O/c1-11-6-4(7)5(9)3(8)2-10-6/h2H,1H3,(H2,9,10). The number of rotatable bonds is 1.